The molecule has 1 N–H and O–H groups in total. The van der Waals surface area contributed by atoms with Crippen molar-refractivity contribution < 1.29 is 18.3 Å². The van der Waals surface area contributed by atoms with E-state index in [2.05, 4.69) is 5.32 Å². The number of likely N-dealkylation sites (tertiary alicyclic amines) is 1. The first-order chi connectivity index (χ1) is 9.55. The van der Waals surface area contributed by atoms with E-state index in [0.29, 0.717) is 6.54 Å². The average molecular weight is 282 g/mol. The molecular weight excluding hydrogens is 266 g/mol. The Morgan fingerprint density at radius 1 is 1.35 bits per heavy atom. The predicted molar refractivity (Wildman–Crippen MR) is 68.5 cm³/mol. The van der Waals surface area contributed by atoms with Crippen LogP contribution in [0.1, 0.15) is 12.0 Å². The Bertz CT molecular complexity index is 501. The molecular formula is C14H16F2N2O2. The summed E-state index contributed by atoms with van der Waals surface area (Å²) in [6.07, 6.45) is -0.399. The molecule has 0 bridgehead atoms. The summed E-state index contributed by atoms with van der Waals surface area (Å²) in [5.74, 6) is -2.83. The molecule has 6 heteroatoms. The molecule has 2 saturated heterocycles. The number of rotatable bonds is 2. The van der Waals surface area contributed by atoms with E-state index in [-0.39, 0.29) is 19.6 Å². The maximum absolute atomic E-state index is 13.8. The Morgan fingerprint density at radius 3 is 2.70 bits per heavy atom. The zero-order chi connectivity index (χ0) is 14.2. The van der Waals surface area contributed by atoms with Crippen LogP contribution in [-0.4, -0.2) is 42.1 Å². The number of benzene rings is 1. The summed E-state index contributed by atoms with van der Waals surface area (Å²) in [5, 5.41) is 2.90. The molecule has 1 atom stereocenters. The van der Waals surface area contributed by atoms with E-state index in [9.17, 15) is 13.6 Å². The summed E-state index contributed by atoms with van der Waals surface area (Å²) >= 11 is 0. The number of carbonyl (C=O) groups is 1. The van der Waals surface area contributed by atoms with Gasteiger partial charge in [0.2, 0.25) is 0 Å². The van der Waals surface area contributed by atoms with Gasteiger partial charge in [-0.2, -0.15) is 0 Å². The highest BCUT2D eigenvalue weighted by molar-refractivity contribution is 5.71. The van der Waals surface area contributed by atoms with Crippen LogP contribution in [0.25, 0.3) is 0 Å². The molecule has 2 aliphatic rings. The van der Waals surface area contributed by atoms with Gasteiger partial charge in [0, 0.05) is 6.54 Å². The first-order valence-corrected chi connectivity index (χ1v) is 6.62. The van der Waals surface area contributed by atoms with Crippen LogP contribution in [0.15, 0.2) is 30.3 Å². The lowest BCUT2D eigenvalue weighted by Gasteiger charge is -2.54. The quantitative estimate of drug-likeness (QED) is 0.902. The largest absolute Gasteiger partial charge is 0.445 e. The summed E-state index contributed by atoms with van der Waals surface area (Å²) in [4.78, 5) is 13.2. The fourth-order valence-corrected chi connectivity index (χ4v) is 2.86. The van der Waals surface area contributed by atoms with E-state index in [1.165, 1.54) is 0 Å². The highest BCUT2D eigenvalue weighted by atomic mass is 19.3. The Hall–Kier alpha value is -1.69. The molecule has 2 aliphatic heterocycles. The minimum Gasteiger partial charge on any atom is -0.445 e. The van der Waals surface area contributed by atoms with Crippen molar-refractivity contribution in [3.8, 4) is 0 Å². The van der Waals surface area contributed by atoms with Crippen LogP contribution >= 0.6 is 0 Å². The second-order valence-electron chi connectivity index (χ2n) is 5.29. The van der Waals surface area contributed by atoms with Crippen LogP contribution in [0.2, 0.25) is 0 Å². The Labute approximate surface area is 115 Å². The fourth-order valence-electron chi connectivity index (χ4n) is 2.86. The first-order valence-electron chi connectivity index (χ1n) is 6.62. The van der Waals surface area contributed by atoms with Gasteiger partial charge in [-0.1, -0.05) is 30.3 Å². The van der Waals surface area contributed by atoms with Crippen LogP contribution < -0.4 is 5.32 Å². The Balaban J connectivity index is 1.64. The Kier molecular flexibility index (Phi) is 3.12. The minimum absolute atomic E-state index is 0.102. The number of ether oxygens (including phenoxy) is 1. The molecule has 20 heavy (non-hydrogen) atoms. The van der Waals surface area contributed by atoms with E-state index < -0.39 is 24.1 Å². The molecule has 4 nitrogen and oxygen atoms in total. The molecule has 1 aromatic rings. The molecule has 2 heterocycles. The molecule has 2 fully saturated rings. The normalized spacial score (nSPS) is 27.4. The monoisotopic (exact) mass is 282 g/mol. The topological polar surface area (TPSA) is 41.6 Å². The van der Waals surface area contributed by atoms with Crippen LogP contribution in [0.3, 0.4) is 0 Å². The molecule has 1 aromatic carbocycles. The standard InChI is InChI=1S/C14H16F2N2O2/c15-14(16)10-18(13(14)6-7-17-9-13)12(19)20-8-11-4-2-1-3-5-11/h1-5,17H,6-10H2. The number of carbonyl (C=O) groups excluding carboxylic acids is 1. The van der Waals surface area contributed by atoms with Gasteiger partial charge in [-0.3, -0.25) is 4.90 Å². The summed E-state index contributed by atoms with van der Waals surface area (Å²) in [6.45, 7) is 0.173. The van der Waals surface area contributed by atoms with Crippen molar-refractivity contribution in [1.29, 1.82) is 0 Å². The van der Waals surface area contributed by atoms with Crippen LogP contribution in [0, 0.1) is 0 Å². The van der Waals surface area contributed by atoms with E-state index in [4.69, 9.17) is 4.74 Å². The van der Waals surface area contributed by atoms with Gasteiger partial charge in [-0.05, 0) is 18.5 Å². The minimum atomic E-state index is -2.83. The van der Waals surface area contributed by atoms with Gasteiger partial charge >= 0.3 is 6.09 Å². The lowest BCUT2D eigenvalue weighted by Crippen LogP contribution is -2.77. The molecule has 0 saturated carbocycles. The Morgan fingerprint density at radius 2 is 2.10 bits per heavy atom. The van der Waals surface area contributed by atoms with Gasteiger partial charge in [-0.15, -0.1) is 0 Å². The number of alkyl halides is 2. The zero-order valence-corrected chi connectivity index (χ0v) is 10.9. The molecule has 0 radical (unpaired) electrons. The summed E-state index contributed by atoms with van der Waals surface area (Å²) in [6, 6.07) is 9.18. The maximum atomic E-state index is 13.8. The third-order valence-electron chi connectivity index (χ3n) is 4.11. The van der Waals surface area contributed by atoms with E-state index in [1.807, 2.05) is 30.3 Å². The molecule has 0 aliphatic carbocycles. The van der Waals surface area contributed by atoms with Gasteiger partial charge < -0.3 is 10.1 Å². The van der Waals surface area contributed by atoms with Crippen molar-refractivity contribution >= 4 is 6.09 Å². The van der Waals surface area contributed by atoms with Crippen molar-refractivity contribution in [2.45, 2.75) is 24.5 Å². The van der Waals surface area contributed by atoms with Crippen molar-refractivity contribution in [2.24, 2.45) is 0 Å². The number of amides is 1. The molecule has 1 amide bonds. The van der Waals surface area contributed by atoms with Gasteiger partial charge in [0.25, 0.3) is 5.92 Å². The van der Waals surface area contributed by atoms with E-state index in [0.717, 1.165) is 10.5 Å². The second kappa shape index (κ2) is 4.70. The van der Waals surface area contributed by atoms with E-state index >= 15 is 0 Å². The molecule has 108 valence electrons. The van der Waals surface area contributed by atoms with Crippen molar-refractivity contribution in [1.82, 2.24) is 10.2 Å². The maximum Gasteiger partial charge on any atom is 0.411 e. The van der Waals surface area contributed by atoms with Crippen molar-refractivity contribution in [2.75, 3.05) is 19.6 Å². The van der Waals surface area contributed by atoms with Crippen LogP contribution in [-0.2, 0) is 11.3 Å². The average Bonchev–Trinajstić information content (AvgIpc) is 2.96. The second-order valence-corrected chi connectivity index (χ2v) is 5.29. The van der Waals surface area contributed by atoms with Crippen LogP contribution in [0.4, 0.5) is 13.6 Å². The zero-order valence-electron chi connectivity index (χ0n) is 10.9. The summed E-state index contributed by atoms with van der Waals surface area (Å²) in [7, 11) is 0. The highest BCUT2D eigenvalue weighted by Gasteiger charge is 2.70. The molecule has 0 aromatic heterocycles. The number of hydrogen-bond donors (Lipinski definition) is 1. The smallest absolute Gasteiger partial charge is 0.411 e. The first kappa shape index (κ1) is 13.3. The SMILES string of the molecule is O=C(OCc1ccccc1)N1CC(F)(F)C12CCNC2. The summed E-state index contributed by atoms with van der Waals surface area (Å²) < 4.78 is 32.7. The van der Waals surface area contributed by atoms with Gasteiger partial charge in [0.15, 0.2) is 0 Å². The van der Waals surface area contributed by atoms with Crippen LogP contribution in [0.5, 0.6) is 0 Å². The number of nitrogens with one attached hydrogen (secondary N) is 1. The van der Waals surface area contributed by atoms with Crippen molar-refractivity contribution in [3.63, 3.8) is 0 Å². The molecule has 1 spiro atoms. The predicted octanol–water partition coefficient (Wildman–Crippen LogP) is 2.01. The number of nitrogens with zero attached hydrogens (tertiary/aromatic N) is 1. The summed E-state index contributed by atoms with van der Waals surface area (Å²) in [5.41, 5.74) is -0.549. The van der Waals surface area contributed by atoms with E-state index in [1.54, 1.807) is 0 Å². The van der Waals surface area contributed by atoms with Crippen molar-refractivity contribution in [3.05, 3.63) is 35.9 Å². The molecule has 3 rings (SSSR count). The van der Waals surface area contributed by atoms with Gasteiger partial charge in [0.1, 0.15) is 12.1 Å². The highest BCUT2D eigenvalue weighted by Crippen LogP contribution is 2.48. The number of hydrogen-bond acceptors (Lipinski definition) is 3. The number of halogens is 2. The molecule has 1 unspecified atom stereocenters. The third-order valence-corrected chi connectivity index (χ3v) is 4.11. The lowest BCUT2D eigenvalue weighted by atomic mass is 9.80. The third kappa shape index (κ3) is 1.95. The fraction of sp³-hybridized carbons (Fsp3) is 0.500. The lowest BCUT2D eigenvalue weighted by molar-refractivity contribution is -0.222. The van der Waals surface area contributed by atoms with Gasteiger partial charge in [-0.25, -0.2) is 13.6 Å². The van der Waals surface area contributed by atoms with Gasteiger partial charge in [0.05, 0.1) is 6.54 Å².